The van der Waals surface area contributed by atoms with Crippen LogP contribution >= 0.6 is 0 Å². The molecule has 0 aromatic heterocycles. The van der Waals surface area contributed by atoms with Crippen molar-refractivity contribution in [1.29, 1.82) is 0 Å². The Hall–Kier alpha value is -2.04. The number of nitrogens with zero attached hydrogens (tertiary/aromatic N) is 1. The molecule has 0 aliphatic rings. The molecule has 0 heterocycles. The molecule has 130 valence electrons. The fourth-order valence-electron chi connectivity index (χ4n) is 2.91. The maximum Gasteiger partial charge on any atom is 0.161 e. The summed E-state index contributed by atoms with van der Waals surface area (Å²) in [5, 5.41) is 0. The van der Waals surface area contributed by atoms with Crippen molar-refractivity contribution in [3.05, 3.63) is 59.7 Å². The molecule has 0 aliphatic carbocycles. The summed E-state index contributed by atoms with van der Waals surface area (Å²) in [5.74, 6) is 1.49. The molecule has 2 aromatic carbocycles. The quantitative estimate of drug-likeness (QED) is 0.764. The molecule has 0 saturated carbocycles. The smallest absolute Gasteiger partial charge is 0.161 e. The molecule has 2 N–H and O–H groups in total. The minimum atomic E-state index is 0.185. The first-order valence-corrected chi connectivity index (χ1v) is 8.52. The second-order valence-corrected chi connectivity index (χ2v) is 5.66. The third-order valence-corrected chi connectivity index (χ3v) is 4.29. The number of methoxy groups -OCH3 is 1. The predicted octanol–water partition coefficient (Wildman–Crippen LogP) is 3.62. The molecule has 0 spiro atoms. The highest BCUT2D eigenvalue weighted by Crippen LogP contribution is 2.32. The standard InChI is InChI=1S/C20H28N2O2/c1-4-22(5-2)18(14-21)17-11-12-19(23-3)20(13-17)24-15-16-9-7-6-8-10-16/h6-13,18H,4-5,14-15,21H2,1-3H3. The van der Waals surface area contributed by atoms with Gasteiger partial charge in [0.2, 0.25) is 0 Å². The number of hydrogen-bond donors (Lipinski definition) is 1. The van der Waals surface area contributed by atoms with E-state index in [0.717, 1.165) is 35.7 Å². The fourth-order valence-corrected chi connectivity index (χ4v) is 2.91. The molecule has 24 heavy (non-hydrogen) atoms. The van der Waals surface area contributed by atoms with E-state index in [0.29, 0.717) is 13.2 Å². The van der Waals surface area contributed by atoms with Crippen molar-refractivity contribution in [2.24, 2.45) is 5.73 Å². The zero-order valence-corrected chi connectivity index (χ0v) is 14.9. The van der Waals surface area contributed by atoms with Gasteiger partial charge in [-0.25, -0.2) is 0 Å². The number of ether oxygens (including phenoxy) is 2. The Morgan fingerprint density at radius 3 is 2.29 bits per heavy atom. The van der Waals surface area contributed by atoms with Crippen LogP contribution in [0.15, 0.2) is 48.5 Å². The van der Waals surface area contributed by atoms with Crippen LogP contribution in [0, 0.1) is 0 Å². The topological polar surface area (TPSA) is 47.7 Å². The summed E-state index contributed by atoms with van der Waals surface area (Å²) in [6.07, 6.45) is 0. The maximum absolute atomic E-state index is 6.03. The van der Waals surface area contributed by atoms with E-state index in [1.807, 2.05) is 24.3 Å². The van der Waals surface area contributed by atoms with E-state index >= 15 is 0 Å². The van der Waals surface area contributed by atoms with Gasteiger partial charge in [-0.15, -0.1) is 0 Å². The molecule has 0 radical (unpaired) electrons. The molecule has 0 amide bonds. The number of hydrogen-bond acceptors (Lipinski definition) is 4. The van der Waals surface area contributed by atoms with Crippen molar-refractivity contribution >= 4 is 0 Å². The van der Waals surface area contributed by atoms with Gasteiger partial charge in [0.1, 0.15) is 6.61 Å². The number of rotatable bonds is 9. The highest BCUT2D eigenvalue weighted by Gasteiger charge is 2.18. The molecule has 4 nitrogen and oxygen atoms in total. The van der Waals surface area contributed by atoms with E-state index in [1.165, 1.54) is 0 Å². The fraction of sp³-hybridized carbons (Fsp3) is 0.400. The molecule has 0 bridgehead atoms. The van der Waals surface area contributed by atoms with Gasteiger partial charge in [-0.05, 0) is 36.3 Å². The number of benzene rings is 2. The molecule has 0 aliphatic heterocycles. The molecule has 4 heteroatoms. The van der Waals surface area contributed by atoms with Crippen molar-refractivity contribution in [2.75, 3.05) is 26.7 Å². The van der Waals surface area contributed by atoms with Crippen molar-refractivity contribution in [1.82, 2.24) is 4.90 Å². The van der Waals surface area contributed by atoms with Gasteiger partial charge >= 0.3 is 0 Å². The van der Waals surface area contributed by atoms with Gasteiger partial charge in [0.05, 0.1) is 7.11 Å². The Labute approximate surface area is 145 Å². The zero-order valence-electron chi connectivity index (χ0n) is 14.9. The molecule has 2 aromatic rings. The van der Waals surface area contributed by atoms with Crippen LogP contribution in [0.4, 0.5) is 0 Å². The van der Waals surface area contributed by atoms with Crippen LogP contribution in [0.25, 0.3) is 0 Å². The van der Waals surface area contributed by atoms with Crippen LogP contribution in [0.5, 0.6) is 11.5 Å². The second-order valence-electron chi connectivity index (χ2n) is 5.66. The summed E-state index contributed by atoms with van der Waals surface area (Å²) >= 11 is 0. The van der Waals surface area contributed by atoms with E-state index in [9.17, 15) is 0 Å². The van der Waals surface area contributed by atoms with Crippen LogP contribution in [0.2, 0.25) is 0 Å². The van der Waals surface area contributed by atoms with Crippen LogP contribution < -0.4 is 15.2 Å². The van der Waals surface area contributed by atoms with Crippen molar-refractivity contribution in [3.8, 4) is 11.5 Å². The molecular formula is C20H28N2O2. The van der Waals surface area contributed by atoms with Gasteiger partial charge < -0.3 is 15.2 Å². The van der Waals surface area contributed by atoms with Crippen molar-refractivity contribution in [2.45, 2.75) is 26.5 Å². The second kappa shape index (κ2) is 9.30. The normalized spacial score (nSPS) is 12.2. The van der Waals surface area contributed by atoms with Crippen molar-refractivity contribution in [3.63, 3.8) is 0 Å². The lowest BCUT2D eigenvalue weighted by atomic mass is 10.0. The minimum Gasteiger partial charge on any atom is -0.493 e. The average molecular weight is 328 g/mol. The van der Waals surface area contributed by atoms with E-state index < -0.39 is 0 Å². The first-order chi connectivity index (χ1) is 11.7. The molecule has 0 fully saturated rings. The van der Waals surface area contributed by atoms with E-state index in [1.54, 1.807) is 7.11 Å². The Bertz CT molecular complexity index is 612. The molecule has 1 atom stereocenters. The lowest BCUT2D eigenvalue weighted by molar-refractivity contribution is 0.222. The van der Waals surface area contributed by atoms with Crippen molar-refractivity contribution < 1.29 is 9.47 Å². The van der Waals surface area contributed by atoms with Gasteiger partial charge in [0.25, 0.3) is 0 Å². The lowest BCUT2D eigenvalue weighted by Crippen LogP contribution is -2.33. The van der Waals surface area contributed by atoms with E-state index in [2.05, 4.69) is 43.0 Å². The first kappa shape index (κ1) is 18.3. The summed E-state index contributed by atoms with van der Waals surface area (Å²) in [5.41, 5.74) is 8.31. The molecule has 0 saturated heterocycles. The highest BCUT2D eigenvalue weighted by atomic mass is 16.5. The minimum absolute atomic E-state index is 0.185. The third kappa shape index (κ3) is 4.49. The summed E-state index contributed by atoms with van der Waals surface area (Å²) < 4.78 is 11.5. The van der Waals surface area contributed by atoms with E-state index in [-0.39, 0.29) is 6.04 Å². The van der Waals surface area contributed by atoms with Crippen LogP contribution in [0.1, 0.15) is 31.0 Å². The van der Waals surface area contributed by atoms with Gasteiger partial charge in [0, 0.05) is 12.6 Å². The van der Waals surface area contributed by atoms with Crippen LogP contribution in [0.3, 0.4) is 0 Å². The molecule has 1 unspecified atom stereocenters. The maximum atomic E-state index is 6.03. The molecule has 2 rings (SSSR count). The Balaban J connectivity index is 2.22. The lowest BCUT2D eigenvalue weighted by Gasteiger charge is -2.29. The predicted molar refractivity (Wildman–Crippen MR) is 98.5 cm³/mol. The Morgan fingerprint density at radius 1 is 1.00 bits per heavy atom. The first-order valence-electron chi connectivity index (χ1n) is 8.52. The molecular weight excluding hydrogens is 300 g/mol. The Morgan fingerprint density at radius 2 is 1.71 bits per heavy atom. The SMILES string of the molecule is CCN(CC)C(CN)c1ccc(OC)c(OCc2ccccc2)c1. The van der Waals surface area contributed by atoms with Gasteiger partial charge in [-0.3, -0.25) is 4.90 Å². The monoisotopic (exact) mass is 328 g/mol. The van der Waals surface area contributed by atoms with E-state index in [4.69, 9.17) is 15.2 Å². The number of nitrogens with two attached hydrogens (primary N) is 1. The zero-order chi connectivity index (χ0) is 17.4. The average Bonchev–Trinajstić information content (AvgIpc) is 2.65. The van der Waals surface area contributed by atoms with Gasteiger partial charge in [-0.2, -0.15) is 0 Å². The third-order valence-electron chi connectivity index (χ3n) is 4.29. The summed E-state index contributed by atoms with van der Waals surface area (Å²) in [6, 6.07) is 16.4. The summed E-state index contributed by atoms with van der Waals surface area (Å²) in [4.78, 5) is 2.35. The summed E-state index contributed by atoms with van der Waals surface area (Å²) in [7, 11) is 1.66. The van der Waals surface area contributed by atoms with Crippen LogP contribution in [-0.2, 0) is 6.61 Å². The van der Waals surface area contributed by atoms with Crippen LogP contribution in [-0.4, -0.2) is 31.6 Å². The number of likely N-dealkylation sites (N-methyl/N-ethyl adjacent to an activating group) is 1. The largest absolute Gasteiger partial charge is 0.493 e. The van der Waals surface area contributed by atoms with Gasteiger partial charge in [0.15, 0.2) is 11.5 Å². The highest BCUT2D eigenvalue weighted by molar-refractivity contribution is 5.44. The van der Waals surface area contributed by atoms with Gasteiger partial charge in [-0.1, -0.05) is 50.2 Å². The Kier molecular flexibility index (Phi) is 7.09. The summed E-state index contributed by atoms with van der Waals surface area (Å²) in [6.45, 7) is 7.32.